The maximum atomic E-state index is 14.0. The first-order valence-corrected chi connectivity index (χ1v) is 8.81. The summed E-state index contributed by atoms with van der Waals surface area (Å²) in [4.78, 5) is 0. The smallest absolute Gasteiger partial charge is 0.453 e. The third-order valence-corrected chi connectivity index (χ3v) is 4.38. The molecule has 0 radical (unpaired) electrons. The van der Waals surface area contributed by atoms with Crippen LogP contribution in [0.2, 0.25) is 0 Å². The van der Waals surface area contributed by atoms with Gasteiger partial charge in [-0.25, -0.2) is 8.78 Å². The van der Waals surface area contributed by atoms with Crippen LogP contribution in [0.1, 0.15) is 6.42 Å². The summed E-state index contributed by atoms with van der Waals surface area (Å²) < 4.78 is 57.8. The molecule has 0 amide bonds. The number of benzene rings is 2. The monoisotopic (exact) mass is 408 g/mol. The largest absolute Gasteiger partial charge is 0.497 e. The highest BCUT2D eigenvalue weighted by Crippen LogP contribution is 2.34. The van der Waals surface area contributed by atoms with E-state index in [1.165, 1.54) is 12.1 Å². The molecule has 5 rings (SSSR count). The van der Waals surface area contributed by atoms with E-state index in [1.807, 2.05) is 0 Å². The van der Waals surface area contributed by atoms with Crippen LogP contribution in [0.3, 0.4) is 0 Å². The van der Waals surface area contributed by atoms with E-state index >= 15 is 0 Å². The Bertz CT molecular complexity index is 892. The van der Waals surface area contributed by atoms with Crippen LogP contribution in [-0.4, -0.2) is 51.1 Å². The highest BCUT2D eigenvalue weighted by Gasteiger charge is 2.32. The molecule has 2 aromatic carbocycles. The van der Waals surface area contributed by atoms with Crippen molar-refractivity contribution in [2.45, 2.75) is 6.42 Å². The number of fused-ring (bicyclic) bond motifs is 2. The summed E-state index contributed by atoms with van der Waals surface area (Å²) in [6.07, 6.45) is 0.836. The lowest BCUT2D eigenvalue weighted by molar-refractivity contribution is 0.142. The molecule has 3 aliphatic rings. The summed E-state index contributed by atoms with van der Waals surface area (Å²) in [7, 11) is -2.47. The molecule has 12 heteroatoms. The first-order chi connectivity index (χ1) is 14.1. The Morgan fingerprint density at radius 3 is 2.00 bits per heavy atom. The summed E-state index contributed by atoms with van der Waals surface area (Å²) >= 11 is 0. The lowest BCUT2D eigenvalue weighted by Crippen LogP contribution is -2.42. The van der Waals surface area contributed by atoms with Gasteiger partial charge in [0.2, 0.25) is 25.1 Å². The SMILES string of the molecule is Fc1c(B2OCCCO2)ccc2c1OCO2.OB(O)c1ccc2c(c1F)OCO2. The maximum absolute atomic E-state index is 14.0. The zero-order valence-corrected chi connectivity index (χ0v) is 15.1. The minimum atomic E-state index is -1.84. The minimum Gasteiger partial charge on any atom is -0.453 e. The third kappa shape index (κ3) is 3.97. The van der Waals surface area contributed by atoms with Gasteiger partial charge in [-0.3, -0.25) is 0 Å². The molecule has 0 aromatic heterocycles. The van der Waals surface area contributed by atoms with Gasteiger partial charge in [0.05, 0.1) is 0 Å². The van der Waals surface area contributed by atoms with E-state index < -0.39 is 25.9 Å². The van der Waals surface area contributed by atoms with E-state index in [-0.39, 0.29) is 36.3 Å². The van der Waals surface area contributed by atoms with Crippen LogP contribution in [0, 0.1) is 11.6 Å². The molecule has 2 aromatic rings. The lowest BCUT2D eigenvalue weighted by Gasteiger charge is -2.20. The molecule has 1 fully saturated rings. The first kappa shape index (κ1) is 19.8. The van der Waals surface area contributed by atoms with Gasteiger partial charge in [-0.15, -0.1) is 0 Å². The Morgan fingerprint density at radius 2 is 1.38 bits per heavy atom. The van der Waals surface area contributed by atoms with Crippen LogP contribution in [-0.2, 0) is 9.31 Å². The van der Waals surface area contributed by atoms with E-state index in [0.29, 0.717) is 24.4 Å². The van der Waals surface area contributed by atoms with Crippen molar-refractivity contribution >= 4 is 25.2 Å². The molecule has 3 aliphatic heterocycles. The third-order valence-electron chi connectivity index (χ3n) is 4.38. The van der Waals surface area contributed by atoms with Crippen LogP contribution in [0.25, 0.3) is 0 Å². The van der Waals surface area contributed by atoms with Crippen molar-refractivity contribution in [2.75, 3.05) is 26.8 Å². The zero-order chi connectivity index (χ0) is 20.4. The predicted molar refractivity (Wildman–Crippen MR) is 96.8 cm³/mol. The van der Waals surface area contributed by atoms with Crippen molar-refractivity contribution in [3.63, 3.8) is 0 Å². The lowest BCUT2D eigenvalue weighted by atomic mass is 9.77. The quantitative estimate of drug-likeness (QED) is 0.667. The van der Waals surface area contributed by atoms with Gasteiger partial charge in [0.25, 0.3) is 0 Å². The molecule has 1 saturated heterocycles. The predicted octanol–water partition coefficient (Wildman–Crippen LogP) is -0.0793. The molecule has 0 saturated carbocycles. The normalized spacial score (nSPS) is 16.3. The summed E-state index contributed by atoms with van der Waals surface area (Å²) in [5.41, 5.74) is 0.146. The molecule has 2 N–H and O–H groups in total. The van der Waals surface area contributed by atoms with Gasteiger partial charge in [-0.2, -0.15) is 0 Å². The number of rotatable bonds is 2. The van der Waals surface area contributed by atoms with E-state index in [4.69, 9.17) is 38.3 Å². The Morgan fingerprint density at radius 1 is 0.793 bits per heavy atom. The van der Waals surface area contributed by atoms with Crippen LogP contribution >= 0.6 is 0 Å². The number of hydrogen-bond donors (Lipinski definition) is 2. The fourth-order valence-electron chi connectivity index (χ4n) is 2.96. The van der Waals surface area contributed by atoms with Crippen molar-refractivity contribution in [1.82, 2.24) is 0 Å². The Kier molecular flexibility index (Phi) is 5.76. The second-order valence-electron chi connectivity index (χ2n) is 6.21. The molecular formula is C17H16B2F2O8. The molecule has 3 heterocycles. The molecule has 0 aliphatic carbocycles. The molecule has 29 heavy (non-hydrogen) atoms. The van der Waals surface area contributed by atoms with Crippen LogP contribution in [0.5, 0.6) is 23.0 Å². The summed E-state index contributed by atoms with van der Waals surface area (Å²) in [6, 6.07) is 5.95. The van der Waals surface area contributed by atoms with Crippen LogP contribution in [0.4, 0.5) is 8.78 Å². The fraction of sp³-hybridized carbons (Fsp3) is 0.294. The van der Waals surface area contributed by atoms with Gasteiger partial charge in [-0.05, 0) is 18.6 Å². The molecule has 0 unspecified atom stereocenters. The van der Waals surface area contributed by atoms with E-state index in [2.05, 4.69) is 0 Å². The molecule has 0 spiro atoms. The summed E-state index contributed by atoms with van der Waals surface area (Å²) in [5.74, 6) is -0.452. The molecule has 152 valence electrons. The molecule has 0 bridgehead atoms. The maximum Gasteiger partial charge on any atom is 0.497 e. The van der Waals surface area contributed by atoms with Gasteiger partial charge < -0.3 is 38.3 Å². The minimum absolute atomic E-state index is 0.0444. The van der Waals surface area contributed by atoms with Crippen molar-refractivity contribution in [3.05, 3.63) is 35.9 Å². The van der Waals surface area contributed by atoms with Crippen LogP contribution < -0.4 is 29.9 Å². The Balaban J connectivity index is 0.000000145. The van der Waals surface area contributed by atoms with Crippen molar-refractivity contribution < 1.29 is 47.1 Å². The highest BCUT2D eigenvalue weighted by molar-refractivity contribution is 6.61. The summed E-state index contributed by atoms with van der Waals surface area (Å²) in [5, 5.41) is 17.5. The average molecular weight is 408 g/mol. The molecular weight excluding hydrogens is 392 g/mol. The highest BCUT2D eigenvalue weighted by atomic mass is 19.1. The second-order valence-corrected chi connectivity index (χ2v) is 6.21. The standard InChI is InChI=1S/C10H10BFO4.C7H6BFO4/c12-9-7(11-15-4-1-5-16-11)2-3-8-10(9)14-6-13-8;9-6-4(8(10)11)1-2-5-7(6)13-3-12-5/h2-3H,1,4-6H2;1-2,10-11H,3H2. The van der Waals surface area contributed by atoms with Gasteiger partial charge in [0, 0.05) is 24.1 Å². The molecule has 0 atom stereocenters. The average Bonchev–Trinajstić information content (AvgIpc) is 3.39. The summed E-state index contributed by atoms with van der Waals surface area (Å²) in [6.45, 7) is 1.18. The van der Waals surface area contributed by atoms with E-state index in [0.717, 1.165) is 6.42 Å². The van der Waals surface area contributed by atoms with Crippen LogP contribution in [0.15, 0.2) is 24.3 Å². The second kappa shape index (κ2) is 8.46. The number of hydrogen-bond acceptors (Lipinski definition) is 8. The molecule has 8 nitrogen and oxygen atoms in total. The number of ether oxygens (including phenoxy) is 4. The Hall–Kier alpha value is -2.53. The zero-order valence-electron chi connectivity index (χ0n) is 15.1. The first-order valence-electron chi connectivity index (χ1n) is 8.81. The van der Waals surface area contributed by atoms with Gasteiger partial charge in [0.1, 0.15) is 0 Å². The Labute approximate surface area is 165 Å². The van der Waals surface area contributed by atoms with Crippen molar-refractivity contribution in [2.24, 2.45) is 0 Å². The van der Waals surface area contributed by atoms with E-state index in [1.54, 1.807) is 12.1 Å². The van der Waals surface area contributed by atoms with Gasteiger partial charge in [-0.1, -0.05) is 12.1 Å². The number of halogens is 2. The van der Waals surface area contributed by atoms with E-state index in [9.17, 15) is 8.78 Å². The fourth-order valence-corrected chi connectivity index (χ4v) is 2.96. The van der Waals surface area contributed by atoms with Gasteiger partial charge in [0.15, 0.2) is 23.1 Å². The van der Waals surface area contributed by atoms with Crippen molar-refractivity contribution in [3.8, 4) is 23.0 Å². The van der Waals surface area contributed by atoms with Crippen molar-refractivity contribution in [1.29, 1.82) is 0 Å². The topological polar surface area (TPSA) is 95.8 Å². The van der Waals surface area contributed by atoms with Gasteiger partial charge >= 0.3 is 14.2 Å².